The Morgan fingerprint density at radius 3 is 0.692 bits per heavy atom. The molecule has 2 heteroatoms. The zero-order valence-electron chi connectivity index (χ0n) is 18.8. The highest BCUT2D eigenvalue weighted by Crippen LogP contribution is 2.74. The summed E-state index contributed by atoms with van der Waals surface area (Å²) in [6, 6.07) is 0. The first-order valence-corrected chi connectivity index (χ1v) is 9.82. The van der Waals surface area contributed by atoms with Crippen molar-refractivity contribution in [3.63, 3.8) is 0 Å². The van der Waals surface area contributed by atoms with Gasteiger partial charge in [-0.3, -0.25) is 0 Å². The summed E-state index contributed by atoms with van der Waals surface area (Å²) in [4.78, 5) is 0. The number of hydrogen-bond acceptors (Lipinski definition) is 2. The minimum absolute atomic E-state index is 0.214. The van der Waals surface area contributed by atoms with Crippen LogP contribution in [0.2, 0.25) is 0 Å². The van der Waals surface area contributed by atoms with Crippen molar-refractivity contribution < 1.29 is 9.47 Å². The van der Waals surface area contributed by atoms with Gasteiger partial charge >= 0.3 is 0 Å². The molecule has 3 aliphatic rings. The molecule has 2 spiro atoms. The van der Waals surface area contributed by atoms with Gasteiger partial charge in [0.15, 0.2) is 0 Å². The summed E-state index contributed by atoms with van der Waals surface area (Å²) in [6.45, 7) is 26.6. The molecular formula is C24H36O2. The van der Waals surface area contributed by atoms with Gasteiger partial charge in [0.25, 0.3) is 0 Å². The van der Waals surface area contributed by atoms with Crippen LogP contribution in [0.15, 0.2) is 44.6 Å². The Morgan fingerprint density at radius 2 is 0.615 bits per heavy atom. The maximum Gasteiger partial charge on any atom is 0.148 e. The Bertz CT molecular complexity index is 690. The molecule has 3 rings (SSSR count). The molecule has 2 heterocycles. The van der Waals surface area contributed by atoms with Gasteiger partial charge in [-0.15, -0.1) is 0 Å². The van der Waals surface area contributed by atoms with Crippen molar-refractivity contribution in [1.29, 1.82) is 0 Å². The molecule has 144 valence electrons. The van der Waals surface area contributed by atoms with Gasteiger partial charge in [0.05, 0.1) is 0 Å². The number of rotatable bonds is 0. The van der Waals surface area contributed by atoms with E-state index in [4.69, 9.17) is 9.47 Å². The van der Waals surface area contributed by atoms with Gasteiger partial charge in [-0.25, -0.2) is 0 Å². The van der Waals surface area contributed by atoms with Crippen LogP contribution in [0.5, 0.6) is 0 Å². The molecule has 2 nitrogen and oxygen atoms in total. The van der Waals surface area contributed by atoms with Gasteiger partial charge in [0, 0.05) is 0 Å². The normalized spacial score (nSPS) is 33.7. The molecule has 0 amide bonds. The molecule has 0 aromatic carbocycles. The lowest BCUT2D eigenvalue weighted by atomic mass is 9.58. The Balaban J connectivity index is 2.53. The molecule has 1 aliphatic carbocycles. The molecule has 0 atom stereocenters. The minimum atomic E-state index is -0.364. The van der Waals surface area contributed by atoms with Crippen molar-refractivity contribution in [2.75, 3.05) is 0 Å². The molecule has 1 saturated carbocycles. The van der Waals surface area contributed by atoms with E-state index in [-0.39, 0.29) is 22.4 Å². The van der Waals surface area contributed by atoms with Crippen LogP contribution in [0.25, 0.3) is 0 Å². The second-order valence-electron chi connectivity index (χ2n) is 10.1. The average molecular weight is 357 g/mol. The van der Waals surface area contributed by atoms with Gasteiger partial charge in [-0.2, -0.15) is 0 Å². The fourth-order valence-electron chi connectivity index (χ4n) is 5.49. The molecule has 0 bridgehead atoms. The monoisotopic (exact) mass is 356 g/mol. The van der Waals surface area contributed by atoms with Gasteiger partial charge in [0.2, 0.25) is 0 Å². The van der Waals surface area contributed by atoms with Crippen molar-refractivity contribution in [1.82, 2.24) is 0 Å². The van der Waals surface area contributed by atoms with E-state index in [1.807, 2.05) is 0 Å². The largest absolute Gasteiger partial charge is 0.353 e. The maximum absolute atomic E-state index is 6.59. The fourth-order valence-corrected chi connectivity index (χ4v) is 5.49. The third kappa shape index (κ3) is 2.06. The van der Waals surface area contributed by atoms with Gasteiger partial charge in [0.1, 0.15) is 22.4 Å². The molecule has 3 fully saturated rings. The molecule has 0 N–H and O–H groups in total. The van der Waals surface area contributed by atoms with E-state index in [1.165, 1.54) is 44.6 Å². The van der Waals surface area contributed by atoms with E-state index in [2.05, 4.69) is 83.1 Å². The molecule has 2 aliphatic heterocycles. The predicted octanol–water partition coefficient (Wildman–Crippen LogP) is 6.44. The lowest BCUT2D eigenvalue weighted by molar-refractivity contribution is 0.284. The van der Waals surface area contributed by atoms with Gasteiger partial charge in [-0.05, 0) is 105 Å². The number of ether oxygens (including phenoxy) is 2. The second-order valence-corrected chi connectivity index (χ2v) is 10.1. The standard InChI is InChI=1S/C24H36O2/c1-13(2)17-18(14(3)4)24(22(11,12)26-24)20(16(7)8)19(15(5)6)23(17)21(9,10)25-23/h1-12H3. The smallest absolute Gasteiger partial charge is 0.148 e. The summed E-state index contributed by atoms with van der Waals surface area (Å²) in [5.41, 5.74) is 9.50. The summed E-state index contributed by atoms with van der Waals surface area (Å²) >= 11 is 0. The molecule has 0 unspecified atom stereocenters. The van der Waals surface area contributed by atoms with Crippen LogP contribution in [0.3, 0.4) is 0 Å². The molecule has 2 saturated heterocycles. The Morgan fingerprint density at radius 1 is 0.462 bits per heavy atom. The van der Waals surface area contributed by atoms with Crippen molar-refractivity contribution in [2.24, 2.45) is 0 Å². The van der Waals surface area contributed by atoms with Crippen LogP contribution in [0, 0.1) is 0 Å². The van der Waals surface area contributed by atoms with Crippen LogP contribution >= 0.6 is 0 Å². The number of allylic oxidation sites excluding steroid dienone is 4. The maximum atomic E-state index is 6.59. The summed E-state index contributed by atoms with van der Waals surface area (Å²) in [5.74, 6) is 0. The van der Waals surface area contributed by atoms with Gasteiger partial charge in [-0.1, -0.05) is 22.3 Å². The first-order valence-electron chi connectivity index (χ1n) is 9.82. The Labute approximate surface area is 160 Å². The van der Waals surface area contributed by atoms with Crippen LogP contribution < -0.4 is 0 Å². The zero-order valence-corrected chi connectivity index (χ0v) is 18.8. The van der Waals surface area contributed by atoms with Crippen molar-refractivity contribution in [2.45, 2.75) is 105 Å². The van der Waals surface area contributed by atoms with E-state index in [0.29, 0.717) is 0 Å². The van der Waals surface area contributed by atoms with Gasteiger partial charge < -0.3 is 9.47 Å². The summed E-state index contributed by atoms with van der Waals surface area (Å²) in [7, 11) is 0. The Hall–Kier alpha value is -1.12. The van der Waals surface area contributed by atoms with E-state index < -0.39 is 0 Å². The second kappa shape index (κ2) is 5.23. The quantitative estimate of drug-likeness (QED) is 0.467. The highest BCUT2D eigenvalue weighted by atomic mass is 16.6. The van der Waals surface area contributed by atoms with E-state index >= 15 is 0 Å². The third-order valence-electron chi connectivity index (χ3n) is 6.34. The SMILES string of the molecule is CC(C)=C1C(=C(C)C)C2(OC2(C)C)C(=C(C)C)C(=C(C)C)C12OC2(C)C. The molecular weight excluding hydrogens is 320 g/mol. The van der Waals surface area contributed by atoms with Crippen molar-refractivity contribution in [3.8, 4) is 0 Å². The number of hydrogen-bond donors (Lipinski definition) is 0. The average Bonchev–Trinajstić information content (AvgIpc) is 3.20. The van der Waals surface area contributed by atoms with Crippen LogP contribution in [-0.4, -0.2) is 22.4 Å². The number of epoxide rings is 2. The van der Waals surface area contributed by atoms with Crippen LogP contribution in [0.4, 0.5) is 0 Å². The minimum Gasteiger partial charge on any atom is -0.353 e. The van der Waals surface area contributed by atoms with Crippen molar-refractivity contribution >= 4 is 0 Å². The predicted molar refractivity (Wildman–Crippen MR) is 109 cm³/mol. The zero-order chi connectivity index (χ0) is 20.0. The first kappa shape index (κ1) is 19.6. The van der Waals surface area contributed by atoms with E-state index in [0.717, 1.165) is 0 Å². The van der Waals surface area contributed by atoms with Crippen LogP contribution in [0.1, 0.15) is 83.1 Å². The summed E-state index contributed by atoms with van der Waals surface area (Å²) < 4.78 is 13.2. The van der Waals surface area contributed by atoms with E-state index in [1.54, 1.807) is 0 Å². The molecule has 0 aromatic rings. The Kier molecular flexibility index (Phi) is 3.95. The summed E-state index contributed by atoms with van der Waals surface area (Å²) in [5, 5.41) is 0. The molecule has 0 radical (unpaired) electrons. The highest BCUT2D eigenvalue weighted by Gasteiger charge is 2.80. The lowest BCUT2D eigenvalue weighted by Gasteiger charge is -2.41. The molecule has 0 aromatic heterocycles. The molecule has 26 heavy (non-hydrogen) atoms. The highest BCUT2D eigenvalue weighted by molar-refractivity contribution is 5.77. The van der Waals surface area contributed by atoms with Crippen LogP contribution in [-0.2, 0) is 9.47 Å². The first-order chi connectivity index (χ1) is 11.7. The summed E-state index contributed by atoms with van der Waals surface area (Å²) in [6.07, 6.45) is 0. The third-order valence-corrected chi connectivity index (χ3v) is 6.34. The fraction of sp³-hybridized carbons (Fsp3) is 0.667. The lowest BCUT2D eigenvalue weighted by Crippen LogP contribution is -2.45. The topological polar surface area (TPSA) is 25.1 Å². The van der Waals surface area contributed by atoms with Crippen molar-refractivity contribution in [3.05, 3.63) is 44.6 Å². The van der Waals surface area contributed by atoms with E-state index in [9.17, 15) is 0 Å².